The van der Waals surface area contributed by atoms with Crippen LogP contribution < -0.4 is 10.1 Å². The molecule has 7 heteroatoms. The number of carbonyl (C=O) groups excluding carboxylic acids is 2. The summed E-state index contributed by atoms with van der Waals surface area (Å²) in [5, 5.41) is 7.33. The number of amides is 1. The maximum atomic E-state index is 12.7. The van der Waals surface area contributed by atoms with Gasteiger partial charge in [-0.15, -0.1) is 0 Å². The highest BCUT2D eigenvalue weighted by molar-refractivity contribution is 5.90. The molecule has 1 N–H and O–H groups in total. The van der Waals surface area contributed by atoms with Crippen molar-refractivity contribution in [3.8, 4) is 11.4 Å². The van der Waals surface area contributed by atoms with Crippen LogP contribution in [-0.4, -0.2) is 35.4 Å². The topological polar surface area (TPSA) is 82.4 Å². The van der Waals surface area contributed by atoms with Crippen LogP contribution in [0.2, 0.25) is 0 Å². The maximum Gasteiger partial charge on any atom is 0.357 e. The number of aromatic nitrogens is 2. The molecule has 0 unspecified atom stereocenters. The smallest absolute Gasteiger partial charge is 0.357 e. The number of benzene rings is 2. The molecule has 1 aromatic heterocycles. The molecule has 0 atom stereocenters. The largest absolute Gasteiger partial charge is 0.497 e. The van der Waals surface area contributed by atoms with Gasteiger partial charge in [0.2, 0.25) is 0 Å². The number of hydrogen-bond acceptors (Lipinski definition) is 5. The molecule has 154 valence electrons. The van der Waals surface area contributed by atoms with E-state index in [2.05, 4.69) is 10.4 Å². The molecule has 0 aliphatic heterocycles. The van der Waals surface area contributed by atoms with E-state index < -0.39 is 5.97 Å². The lowest BCUT2D eigenvalue weighted by Crippen LogP contribution is -2.28. The van der Waals surface area contributed by atoms with Crippen molar-refractivity contribution in [2.45, 2.75) is 25.3 Å². The minimum atomic E-state index is -0.571. The Morgan fingerprint density at radius 1 is 1.10 bits per heavy atom. The van der Waals surface area contributed by atoms with Crippen LogP contribution >= 0.6 is 0 Å². The first-order chi connectivity index (χ1) is 14.6. The third kappa shape index (κ3) is 4.68. The van der Waals surface area contributed by atoms with Gasteiger partial charge in [-0.2, -0.15) is 5.10 Å². The van der Waals surface area contributed by atoms with Gasteiger partial charge < -0.3 is 14.8 Å². The molecule has 2 aromatic carbocycles. The minimum Gasteiger partial charge on any atom is -0.497 e. The minimum absolute atomic E-state index is 0.325. The molecule has 7 nitrogen and oxygen atoms in total. The number of hydrogen-bond donors (Lipinski definition) is 1. The first-order valence-electron chi connectivity index (χ1n) is 9.86. The van der Waals surface area contributed by atoms with Crippen molar-refractivity contribution in [3.05, 3.63) is 77.6 Å². The Morgan fingerprint density at radius 2 is 1.83 bits per heavy atom. The van der Waals surface area contributed by atoms with Gasteiger partial charge in [-0.3, -0.25) is 4.79 Å². The van der Waals surface area contributed by atoms with Crippen LogP contribution in [0.1, 0.15) is 40.5 Å². The number of esters is 1. The van der Waals surface area contributed by atoms with E-state index in [0.717, 1.165) is 35.5 Å². The molecule has 0 saturated heterocycles. The summed E-state index contributed by atoms with van der Waals surface area (Å²) in [5.41, 5.74) is 2.91. The van der Waals surface area contributed by atoms with Crippen LogP contribution in [0.25, 0.3) is 5.69 Å². The molecule has 0 spiro atoms. The second kappa shape index (κ2) is 8.82. The lowest BCUT2D eigenvalue weighted by molar-refractivity contribution is -0.124. The zero-order valence-electron chi connectivity index (χ0n) is 16.7. The van der Waals surface area contributed by atoms with Gasteiger partial charge in [0.15, 0.2) is 12.3 Å². The number of ether oxygens (including phenoxy) is 2. The standard InChI is InChI=1S/C23H23N3O4/c1-29-19-11-7-16(8-12-19)14-24-22(27)15-30-23(28)21-13-20(17-9-10-17)25-26(21)18-5-3-2-4-6-18/h2-8,11-13,17H,9-10,14-15H2,1H3,(H,24,27). The van der Waals surface area contributed by atoms with E-state index in [0.29, 0.717) is 18.2 Å². The van der Waals surface area contributed by atoms with Gasteiger partial charge in [0.05, 0.1) is 18.5 Å². The Hall–Kier alpha value is -3.61. The average Bonchev–Trinajstić information content (AvgIpc) is 3.55. The number of rotatable bonds is 8. The molecule has 30 heavy (non-hydrogen) atoms. The van der Waals surface area contributed by atoms with Crippen molar-refractivity contribution >= 4 is 11.9 Å². The molecule has 1 aliphatic carbocycles. The van der Waals surface area contributed by atoms with Crippen molar-refractivity contribution < 1.29 is 19.1 Å². The molecule has 4 rings (SSSR count). The normalized spacial score (nSPS) is 13.0. The maximum absolute atomic E-state index is 12.7. The number of nitrogens with one attached hydrogen (secondary N) is 1. The highest BCUT2D eigenvalue weighted by Gasteiger charge is 2.29. The number of carbonyl (C=O) groups is 2. The van der Waals surface area contributed by atoms with Crippen LogP contribution in [0.5, 0.6) is 5.75 Å². The highest BCUT2D eigenvalue weighted by atomic mass is 16.5. The summed E-state index contributed by atoms with van der Waals surface area (Å²) in [6, 6.07) is 18.6. The van der Waals surface area contributed by atoms with Crippen LogP contribution in [0.15, 0.2) is 60.7 Å². The summed E-state index contributed by atoms with van der Waals surface area (Å²) in [6.07, 6.45) is 2.15. The van der Waals surface area contributed by atoms with Crippen LogP contribution in [0.3, 0.4) is 0 Å². The van der Waals surface area contributed by atoms with Gasteiger partial charge >= 0.3 is 5.97 Å². The van der Waals surface area contributed by atoms with Crippen LogP contribution in [0, 0.1) is 0 Å². The fourth-order valence-electron chi connectivity index (χ4n) is 3.09. The summed E-state index contributed by atoms with van der Waals surface area (Å²) < 4.78 is 12.0. The Bertz CT molecular complexity index is 1020. The van der Waals surface area contributed by atoms with Gasteiger partial charge in [0.1, 0.15) is 5.75 Å². The molecule has 0 bridgehead atoms. The average molecular weight is 405 g/mol. The summed E-state index contributed by atoms with van der Waals surface area (Å²) in [4.78, 5) is 24.8. The summed E-state index contributed by atoms with van der Waals surface area (Å²) in [6.45, 7) is -0.0120. The van der Waals surface area contributed by atoms with E-state index in [9.17, 15) is 9.59 Å². The second-order valence-electron chi connectivity index (χ2n) is 7.18. The molecular weight excluding hydrogens is 382 g/mol. The number of methoxy groups -OCH3 is 1. The quantitative estimate of drug-likeness (QED) is 0.582. The second-order valence-corrected chi connectivity index (χ2v) is 7.18. The molecule has 0 radical (unpaired) electrons. The van der Waals surface area contributed by atoms with E-state index in [-0.39, 0.29) is 12.5 Å². The van der Waals surface area contributed by atoms with E-state index >= 15 is 0 Å². The fraction of sp³-hybridized carbons (Fsp3) is 0.261. The molecule has 1 aliphatic rings. The van der Waals surface area contributed by atoms with Gasteiger partial charge in [0, 0.05) is 12.5 Å². The SMILES string of the molecule is COc1ccc(CNC(=O)COC(=O)c2cc(C3CC3)nn2-c2ccccc2)cc1. The van der Waals surface area contributed by atoms with E-state index in [1.54, 1.807) is 17.9 Å². The molecule has 1 saturated carbocycles. The molecule has 1 fully saturated rings. The van der Waals surface area contributed by atoms with E-state index in [4.69, 9.17) is 9.47 Å². The molecule has 1 amide bonds. The number of nitrogens with zero attached hydrogens (tertiary/aromatic N) is 2. The van der Waals surface area contributed by atoms with Crippen molar-refractivity contribution in [2.75, 3.05) is 13.7 Å². The van der Waals surface area contributed by atoms with Gasteiger partial charge in [-0.05, 0) is 48.7 Å². The monoisotopic (exact) mass is 405 g/mol. The number of para-hydroxylation sites is 1. The zero-order chi connectivity index (χ0) is 20.9. The zero-order valence-corrected chi connectivity index (χ0v) is 16.7. The van der Waals surface area contributed by atoms with Crippen LogP contribution in [0.4, 0.5) is 0 Å². The third-order valence-corrected chi connectivity index (χ3v) is 4.92. The predicted molar refractivity (Wildman–Crippen MR) is 111 cm³/mol. The summed E-state index contributed by atoms with van der Waals surface area (Å²) in [7, 11) is 1.60. The fourth-order valence-corrected chi connectivity index (χ4v) is 3.09. The first-order valence-corrected chi connectivity index (χ1v) is 9.86. The molecule has 1 heterocycles. The van der Waals surface area contributed by atoms with E-state index in [1.807, 2.05) is 54.6 Å². The Morgan fingerprint density at radius 3 is 2.50 bits per heavy atom. The Labute approximate surface area is 174 Å². The molecule has 3 aromatic rings. The lowest BCUT2D eigenvalue weighted by atomic mass is 10.2. The van der Waals surface area contributed by atoms with Crippen molar-refractivity contribution in [2.24, 2.45) is 0 Å². The van der Waals surface area contributed by atoms with Crippen molar-refractivity contribution in [3.63, 3.8) is 0 Å². The molecular formula is C23H23N3O4. The predicted octanol–water partition coefficient (Wildman–Crippen LogP) is 3.23. The van der Waals surface area contributed by atoms with E-state index in [1.165, 1.54) is 0 Å². The summed E-state index contributed by atoms with van der Waals surface area (Å²) in [5.74, 6) is 0.208. The van der Waals surface area contributed by atoms with Gasteiger partial charge in [-0.25, -0.2) is 9.48 Å². The third-order valence-electron chi connectivity index (χ3n) is 4.92. The van der Waals surface area contributed by atoms with Gasteiger partial charge in [-0.1, -0.05) is 30.3 Å². The van der Waals surface area contributed by atoms with Crippen molar-refractivity contribution in [1.82, 2.24) is 15.1 Å². The Balaban J connectivity index is 1.37. The Kier molecular flexibility index (Phi) is 5.79. The highest BCUT2D eigenvalue weighted by Crippen LogP contribution is 2.39. The van der Waals surface area contributed by atoms with Gasteiger partial charge in [0.25, 0.3) is 5.91 Å². The first kappa shape index (κ1) is 19.7. The lowest BCUT2D eigenvalue weighted by Gasteiger charge is -2.09. The van der Waals surface area contributed by atoms with Crippen molar-refractivity contribution in [1.29, 1.82) is 0 Å². The summed E-state index contributed by atoms with van der Waals surface area (Å²) >= 11 is 0. The van der Waals surface area contributed by atoms with Crippen LogP contribution in [-0.2, 0) is 16.1 Å².